The smallest absolute Gasteiger partial charge is 0.258 e. The van der Waals surface area contributed by atoms with Crippen LogP contribution in [-0.2, 0) is 0 Å². The Morgan fingerprint density at radius 1 is 1.22 bits per heavy atom. The third-order valence-corrected chi connectivity index (χ3v) is 2.51. The second kappa shape index (κ2) is 5.76. The van der Waals surface area contributed by atoms with Crippen LogP contribution in [-0.4, -0.2) is 51.7 Å². The van der Waals surface area contributed by atoms with E-state index in [1.807, 2.05) is 0 Å². The SMILES string of the molecule is O=C(NC(CO)(CO)CO)c1c(O)cccc1F. The van der Waals surface area contributed by atoms with E-state index in [1.54, 1.807) is 0 Å². The second-order valence-corrected chi connectivity index (χ2v) is 3.84. The van der Waals surface area contributed by atoms with Crippen molar-refractivity contribution >= 4 is 5.91 Å². The van der Waals surface area contributed by atoms with Crippen LogP contribution < -0.4 is 5.32 Å². The Kier molecular flexibility index (Phi) is 4.60. The average Bonchev–Trinajstić information content (AvgIpc) is 2.36. The summed E-state index contributed by atoms with van der Waals surface area (Å²) in [7, 11) is 0. The Morgan fingerprint density at radius 3 is 2.22 bits per heavy atom. The molecule has 0 aromatic heterocycles. The maximum absolute atomic E-state index is 13.4. The van der Waals surface area contributed by atoms with Crippen molar-refractivity contribution in [2.45, 2.75) is 5.54 Å². The number of aromatic hydroxyl groups is 1. The number of halogens is 1. The molecule has 0 spiro atoms. The average molecular weight is 259 g/mol. The molecule has 1 rings (SSSR count). The topological polar surface area (TPSA) is 110 Å². The van der Waals surface area contributed by atoms with Gasteiger partial charge in [-0.2, -0.15) is 0 Å². The number of aliphatic hydroxyl groups excluding tert-OH is 3. The highest BCUT2D eigenvalue weighted by Crippen LogP contribution is 2.20. The largest absolute Gasteiger partial charge is 0.507 e. The molecule has 18 heavy (non-hydrogen) atoms. The molecule has 0 unspecified atom stereocenters. The lowest BCUT2D eigenvalue weighted by Gasteiger charge is -2.28. The number of nitrogens with one attached hydrogen (secondary N) is 1. The summed E-state index contributed by atoms with van der Waals surface area (Å²) < 4.78 is 13.4. The van der Waals surface area contributed by atoms with Crippen LogP contribution in [0.15, 0.2) is 18.2 Å². The number of benzene rings is 1. The van der Waals surface area contributed by atoms with Gasteiger partial charge in [-0.3, -0.25) is 4.79 Å². The molecule has 0 heterocycles. The van der Waals surface area contributed by atoms with Crippen LogP contribution in [0.3, 0.4) is 0 Å². The number of aliphatic hydroxyl groups is 3. The molecule has 0 saturated carbocycles. The summed E-state index contributed by atoms with van der Waals surface area (Å²) >= 11 is 0. The number of carbonyl (C=O) groups is 1. The second-order valence-electron chi connectivity index (χ2n) is 3.84. The van der Waals surface area contributed by atoms with Crippen LogP contribution in [0, 0.1) is 5.82 Å². The minimum absolute atomic E-state index is 0.574. The summed E-state index contributed by atoms with van der Waals surface area (Å²) in [6.07, 6.45) is 0. The third-order valence-electron chi connectivity index (χ3n) is 2.51. The van der Waals surface area contributed by atoms with E-state index in [-0.39, 0.29) is 0 Å². The molecule has 1 amide bonds. The van der Waals surface area contributed by atoms with Gasteiger partial charge in [0, 0.05) is 0 Å². The summed E-state index contributed by atoms with van der Waals surface area (Å²) in [5, 5.41) is 38.5. The van der Waals surface area contributed by atoms with Gasteiger partial charge < -0.3 is 25.7 Å². The lowest BCUT2D eigenvalue weighted by atomic mass is 10.0. The van der Waals surface area contributed by atoms with Crippen LogP contribution in [0.2, 0.25) is 0 Å². The molecule has 0 aliphatic rings. The summed E-state index contributed by atoms with van der Waals surface area (Å²) in [6, 6.07) is 3.32. The standard InChI is InChI=1S/C11H14FNO5/c12-7-2-1-3-8(17)9(7)10(18)13-11(4-14,5-15)6-16/h1-3,14-17H,4-6H2,(H,13,18). The normalized spacial score (nSPS) is 11.3. The highest BCUT2D eigenvalue weighted by molar-refractivity contribution is 5.97. The first-order valence-electron chi connectivity index (χ1n) is 5.12. The van der Waals surface area contributed by atoms with Crippen molar-refractivity contribution in [1.82, 2.24) is 5.32 Å². The number of phenolic OH excluding ortho intramolecular Hbond substituents is 1. The van der Waals surface area contributed by atoms with Gasteiger partial charge in [-0.25, -0.2) is 4.39 Å². The quantitative estimate of drug-likeness (QED) is 0.465. The van der Waals surface area contributed by atoms with Crippen molar-refractivity contribution in [1.29, 1.82) is 0 Å². The molecule has 0 bridgehead atoms. The molecular weight excluding hydrogens is 245 g/mol. The fourth-order valence-electron chi connectivity index (χ4n) is 1.31. The van der Waals surface area contributed by atoms with Crippen molar-refractivity contribution in [2.75, 3.05) is 19.8 Å². The first-order valence-corrected chi connectivity index (χ1v) is 5.12. The van der Waals surface area contributed by atoms with E-state index in [0.717, 1.165) is 12.1 Å². The van der Waals surface area contributed by atoms with E-state index >= 15 is 0 Å². The van der Waals surface area contributed by atoms with Crippen LogP contribution in [0.5, 0.6) is 5.75 Å². The number of phenols is 1. The first kappa shape index (κ1) is 14.4. The zero-order valence-electron chi connectivity index (χ0n) is 9.43. The molecule has 0 aliphatic carbocycles. The predicted molar refractivity (Wildman–Crippen MR) is 59.5 cm³/mol. The molecule has 5 N–H and O–H groups in total. The molecule has 0 fully saturated rings. The van der Waals surface area contributed by atoms with Gasteiger partial charge in [-0.15, -0.1) is 0 Å². The van der Waals surface area contributed by atoms with Crippen molar-refractivity contribution < 1.29 is 29.6 Å². The Hall–Kier alpha value is -1.70. The number of rotatable bonds is 5. The molecule has 1 aromatic carbocycles. The van der Waals surface area contributed by atoms with Crippen LogP contribution >= 0.6 is 0 Å². The Bertz CT molecular complexity index is 405. The first-order chi connectivity index (χ1) is 8.49. The van der Waals surface area contributed by atoms with Crippen LogP contribution in [0.1, 0.15) is 10.4 Å². The summed E-state index contributed by atoms with van der Waals surface area (Å²) in [5.74, 6) is -2.56. The number of carbonyl (C=O) groups excluding carboxylic acids is 1. The molecular formula is C11H14FNO5. The highest BCUT2D eigenvalue weighted by atomic mass is 19.1. The van der Waals surface area contributed by atoms with E-state index in [1.165, 1.54) is 6.07 Å². The number of hydrogen-bond acceptors (Lipinski definition) is 5. The van der Waals surface area contributed by atoms with Crippen LogP contribution in [0.4, 0.5) is 4.39 Å². The summed E-state index contributed by atoms with van der Waals surface area (Å²) in [4.78, 5) is 11.7. The van der Waals surface area contributed by atoms with Gasteiger partial charge in [0.2, 0.25) is 0 Å². The minimum atomic E-state index is -1.67. The Morgan fingerprint density at radius 2 is 1.78 bits per heavy atom. The number of hydrogen-bond donors (Lipinski definition) is 5. The zero-order chi connectivity index (χ0) is 13.8. The maximum Gasteiger partial charge on any atom is 0.258 e. The molecule has 0 saturated heterocycles. The fraction of sp³-hybridized carbons (Fsp3) is 0.364. The van der Waals surface area contributed by atoms with E-state index < -0.39 is 48.4 Å². The summed E-state index contributed by atoms with van der Waals surface area (Å²) in [5.41, 5.74) is -2.29. The van der Waals surface area contributed by atoms with Crippen LogP contribution in [0.25, 0.3) is 0 Å². The maximum atomic E-state index is 13.4. The molecule has 0 aliphatic heterocycles. The molecule has 6 nitrogen and oxygen atoms in total. The van der Waals surface area contributed by atoms with E-state index in [9.17, 15) is 14.3 Å². The third kappa shape index (κ3) is 2.76. The van der Waals surface area contributed by atoms with Gasteiger partial charge in [0.1, 0.15) is 22.7 Å². The lowest BCUT2D eigenvalue weighted by Crippen LogP contribution is -2.57. The van der Waals surface area contributed by atoms with Gasteiger partial charge in [0.05, 0.1) is 19.8 Å². The van der Waals surface area contributed by atoms with Crippen molar-refractivity contribution in [2.24, 2.45) is 0 Å². The van der Waals surface area contributed by atoms with Gasteiger partial charge in [0.25, 0.3) is 5.91 Å². The van der Waals surface area contributed by atoms with Gasteiger partial charge in [-0.05, 0) is 12.1 Å². The summed E-state index contributed by atoms with van der Waals surface area (Å²) in [6.45, 7) is -2.21. The van der Waals surface area contributed by atoms with Gasteiger partial charge in [0.15, 0.2) is 0 Å². The van der Waals surface area contributed by atoms with Gasteiger partial charge in [-0.1, -0.05) is 6.07 Å². The monoisotopic (exact) mass is 259 g/mol. The lowest BCUT2D eigenvalue weighted by molar-refractivity contribution is 0.0372. The minimum Gasteiger partial charge on any atom is -0.507 e. The molecule has 1 aromatic rings. The Labute approximate surface area is 102 Å². The van der Waals surface area contributed by atoms with Crippen molar-refractivity contribution in [3.05, 3.63) is 29.6 Å². The predicted octanol–water partition coefficient (Wildman–Crippen LogP) is -1.02. The van der Waals surface area contributed by atoms with Crippen molar-refractivity contribution in [3.63, 3.8) is 0 Å². The highest BCUT2D eigenvalue weighted by Gasteiger charge is 2.32. The van der Waals surface area contributed by atoms with E-state index in [4.69, 9.17) is 15.3 Å². The fourth-order valence-corrected chi connectivity index (χ4v) is 1.31. The van der Waals surface area contributed by atoms with Gasteiger partial charge >= 0.3 is 0 Å². The molecule has 0 atom stereocenters. The van der Waals surface area contributed by atoms with E-state index in [0.29, 0.717) is 0 Å². The molecule has 100 valence electrons. The Balaban J connectivity index is 3.02. The number of amides is 1. The van der Waals surface area contributed by atoms with E-state index in [2.05, 4.69) is 5.32 Å². The molecule has 7 heteroatoms. The zero-order valence-corrected chi connectivity index (χ0v) is 9.43. The van der Waals surface area contributed by atoms with Crippen molar-refractivity contribution in [3.8, 4) is 5.75 Å². The molecule has 0 radical (unpaired) electrons.